The van der Waals surface area contributed by atoms with Crippen molar-refractivity contribution in [1.82, 2.24) is 5.32 Å². The molecule has 2 aromatic carbocycles. The largest absolute Gasteiger partial charge is 0.488 e. The van der Waals surface area contributed by atoms with E-state index in [0.29, 0.717) is 35.2 Å². The summed E-state index contributed by atoms with van der Waals surface area (Å²) in [6.07, 6.45) is 1.57. The number of furan rings is 1. The Hall–Kier alpha value is -2.72. The van der Waals surface area contributed by atoms with Crippen LogP contribution in [-0.2, 0) is 13.2 Å². The number of carbonyl (C=O) groups is 1. The normalized spacial score (nSPS) is 10.4. The molecule has 0 aliphatic carbocycles. The molecule has 0 spiro atoms. The number of halogens is 1. The first-order chi connectivity index (χ1) is 11.7. The Morgan fingerprint density at radius 2 is 1.83 bits per heavy atom. The summed E-state index contributed by atoms with van der Waals surface area (Å²) in [7, 11) is 0. The van der Waals surface area contributed by atoms with Gasteiger partial charge in [0.05, 0.1) is 18.4 Å². The van der Waals surface area contributed by atoms with Gasteiger partial charge >= 0.3 is 0 Å². The Morgan fingerprint density at radius 3 is 2.62 bits per heavy atom. The SMILES string of the molecule is O=C(NCc1ccco1)c1ccccc1OCc1ccccc1Cl. The summed E-state index contributed by atoms with van der Waals surface area (Å²) in [5.41, 5.74) is 1.33. The smallest absolute Gasteiger partial charge is 0.255 e. The van der Waals surface area contributed by atoms with Gasteiger partial charge in [-0.05, 0) is 30.3 Å². The predicted molar refractivity (Wildman–Crippen MR) is 92.1 cm³/mol. The highest BCUT2D eigenvalue weighted by Crippen LogP contribution is 2.22. The lowest BCUT2D eigenvalue weighted by Crippen LogP contribution is -2.23. The van der Waals surface area contributed by atoms with Gasteiger partial charge in [0.2, 0.25) is 0 Å². The minimum Gasteiger partial charge on any atom is -0.488 e. The molecular formula is C19H16ClNO3. The van der Waals surface area contributed by atoms with E-state index in [1.165, 1.54) is 0 Å². The zero-order chi connectivity index (χ0) is 16.8. The highest BCUT2D eigenvalue weighted by Gasteiger charge is 2.13. The van der Waals surface area contributed by atoms with E-state index in [-0.39, 0.29) is 5.91 Å². The third-order valence-corrected chi connectivity index (χ3v) is 3.84. The maximum Gasteiger partial charge on any atom is 0.255 e. The summed E-state index contributed by atoms with van der Waals surface area (Å²) in [5.74, 6) is 0.980. The van der Waals surface area contributed by atoms with Crippen molar-refractivity contribution >= 4 is 17.5 Å². The lowest BCUT2D eigenvalue weighted by atomic mass is 10.2. The van der Waals surface area contributed by atoms with E-state index in [0.717, 1.165) is 5.56 Å². The minimum absolute atomic E-state index is 0.221. The lowest BCUT2D eigenvalue weighted by molar-refractivity contribution is 0.0943. The first kappa shape index (κ1) is 16.1. The summed E-state index contributed by atoms with van der Waals surface area (Å²) in [5, 5.41) is 3.45. The number of nitrogens with one attached hydrogen (secondary N) is 1. The van der Waals surface area contributed by atoms with Crippen LogP contribution in [0.15, 0.2) is 71.3 Å². The van der Waals surface area contributed by atoms with Gasteiger partial charge in [0.1, 0.15) is 18.1 Å². The Morgan fingerprint density at radius 1 is 1.04 bits per heavy atom. The van der Waals surface area contributed by atoms with Gasteiger partial charge in [-0.3, -0.25) is 4.79 Å². The van der Waals surface area contributed by atoms with E-state index >= 15 is 0 Å². The molecule has 0 aliphatic heterocycles. The summed E-state index contributed by atoms with van der Waals surface area (Å²) in [4.78, 5) is 12.4. The molecule has 122 valence electrons. The number of ether oxygens (including phenoxy) is 1. The fourth-order valence-electron chi connectivity index (χ4n) is 2.23. The molecule has 0 unspecified atom stereocenters. The number of rotatable bonds is 6. The number of hydrogen-bond acceptors (Lipinski definition) is 3. The molecule has 4 nitrogen and oxygen atoms in total. The van der Waals surface area contributed by atoms with Crippen LogP contribution in [0.25, 0.3) is 0 Å². The van der Waals surface area contributed by atoms with Crippen molar-refractivity contribution in [2.75, 3.05) is 0 Å². The van der Waals surface area contributed by atoms with Crippen LogP contribution < -0.4 is 10.1 Å². The molecule has 3 aromatic rings. The van der Waals surface area contributed by atoms with E-state index in [2.05, 4.69) is 5.32 Å². The zero-order valence-corrected chi connectivity index (χ0v) is 13.6. The summed E-state index contributed by atoms with van der Waals surface area (Å²) >= 11 is 6.13. The molecule has 0 radical (unpaired) electrons. The van der Waals surface area contributed by atoms with Gasteiger partial charge in [-0.15, -0.1) is 0 Å². The van der Waals surface area contributed by atoms with E-state index in [4.69, 9.17) is 20.8 Å². The molecule has 1 heterocycles. The lowest BCUT2D eigenvalue weighted by Gasteiger charge is -2.12. The maximum atomic E-state index is 12.4. The molecule has 0 saturated heterocycles. The molecule has 5 heteroatoms. The number of benzene rings is 2. The second kappa shape index (κ2) is 7.70. The third kappa shape index (κ3) is 3.97. The van der Waals surface area contributed by atoms with Crippen molar-refractivity contribution in [3.63, 3.8) is 0 Å². The van der Waals surface area contributed by atoms with Crippen LogP contribution >= 0.6 is 11.6 Å². The number of hydrogen-bond donors (Lipinski definition) is 1. The molecule has 3 rings (SSSR count). The van der Waals surface area contributed by atoms with Gasteiger partial charge in [-0.1, -0.05) is 41.9 Å². The van der Waals surface area contributed by atoms with Crippen LogP contribution in [-0.4, -0.2) is 5.91 Å². The van der Waals surface area contributed by atoms with E-state index in [1.807, 2.05) is 30.3 Å². The molecule has 0 bridgehead atoms. The topological polar surface area (TPSA) is 51.5 Å². The number of carbonyl (C=O) groups excluding carboxylic acids is 1. The van der Waals surface area contributed by atoms with Gasteiger partial charge in [-0.25, -0.2) is 0 Å². The Bertz CT molecular complexity index is 815. The second-order valence-corrected chi connectivity index (χ2v) is 5.55. The first-order valence-electron chi connectivity index (χ1n) is 7.50. The number of amides is 1. The molecule has 0 fully saturated rings. The average molecular weight is 342 g/mol. The summed E-state index contributed by atoms with van der Waals surface area (Å²) in [6, 6.07) is 18.1. The van der Waals surface area contributed by atoms with Crippen molar-refractivity contribution in [1.29, 1.82) is 0 Å². The predicted octanol–water partition coefficient (Wildman–Crippen LogP) is 4.44. The number of para-hydroxylation sites is 1. The molecular weight excluding hydrogens is 326 g/mol. The molecule has 0 saturated carbocycles. The fraction of sp³-hybridized carbons (Fsp3) is 0.105. The molecule has 1 amide bonds. The monoisotopic (exact) mass is 341 g/mol. The Kier molecular flexibility index (Phi) is 5.18. The standard InChI is InChI=1S/C19H16ClNO3/c20-17-9-3-1-6-14(17)13-24-18-10-4-2-8-16(18)19(22)21-12-15-7-5-11-23-15/h1-11H,12-13H2,(H,21,22). The first-order valence-corrected chi connectivity index (χ1v) is 7.87. The molecule has 1 N–H and O–H groups in total. The third-order valence-electron chi connectivity index (χ3n) is 3.48. The van der Waals surface area contributed by atoms with E-state index in [1.54, 1.807) is 36.6 Å². The molecule has 0 aliphatic rings. The zero-order valence-electron chi connectivity index (χ0n) is 12.9. The Balaban J connectivity index is 1.68. The second-order valence-electron chi connectivity index (χ2n) is 5.14. The molecule has 24 heavy (non-hydrogen) atoms. The highest BCUT2D eigenvalue weighted by molar-refractivity contribution is 6.31. The van der Waals surface area contributed by atoms with E-state index < -0.39 is 0 Å². The van der Waals surface area contributed by atoms with Gasteiger partial charge in [0.25, 0.3) is 5.91 Å². The molecule has 1 aromatic heterocycles. The van der Waals surface area contributed by atoms with Gasteiger partial charge < -0.3 is 14.5 Å². The van der Waals surface area contributed by atoms with Crippen LogP contribution in [0.4, 0.5) is 0 Å². The van der Waals surface area contributed by atoms with Crippen LogP contribution in [0, 0.1) is 0 Å². The molecule has 0 atom stereocenters. The Labute approximate surface area is 145 Å². The van der Waals surface area contributed by atoms with Crippen molar-refractivity contribution in [2.24, 2.45) is 0 Å². The van der Waals surface area contributed by atoms with Crippen molar-refractivity contribution in [2.45, 2.75) is 13.2 Å². The minimum atomic E-state index is -0.221. The van der Waals surface area contributed by atoms with Gasteiger partial charge in [0, 0.05) is 10.6 Å². The van der Waals surface area contributed by atoms with Crippen molar-refractivity contribution < 1.29 is 13.9 Å². The van der Waals surface area contributed by atoms with Crippen molar-refractivity contribution in [3.8, 4) is 5.75 Å². The van der Waals surface area contributed by atoms with Crippen LogP contribution in [0.1, 0.15) is 21.7 Å². The summed E-state index contributed by atoms with van der Waals surface area (Å²) < 4.78 is 11.0. The van der Waals surface area contributed by atoms with Gasteiger partial charge in [0.15, 0.2) is 0 Å². The van der Waals surface area contributed by atoms with Crippen LogP contribution in [0.5, 0.6) is 5.75 Å². The van der Waals surface area contributed by atoms with Crippen LogP contribution in [0.2, 0.25) is 5.02 Å². The van der Waals surface area contributed by atoms with E-state index in [9.17, 15) is 4.79 Å². The van der Waals surface area contributed by atoms with Crippen LogP contribution in [0.3, 0.4) is 0 Å². The quantitative estimate of drug-likeness (QED) is 0.721. The van der Waals surface area contributed by atoms with Crippen molar-refractivity contribution in [3.05, 3.63) is 88.8 Å². The van der Waals surface area contributed by atoms with Gasteiger partial charge in [-0.2, -0.15) is 0 Å². The maximum absolute atomic E-state index is 12.4. The average Bonchev–Trinajstić information content (AvgIpc) is 3.13. The summed E-state index contributed by atoms with van der Waals surface area (Å²) in [6.45, 7) is 0.618. The fourth-order valence-corrected chi connectivity index (χ4v) is 2.42. The highest BCUT2D eigenvalue weighted by atomic mass is 35.5.